The van der Waals surface area contributed by atoms with Crippen molar-refractivity contribution in [2.24, 2.45) is 0 Å². The molecule has 0 aromatic heterocycles. The molecule has 0 fully saturated rings. The second-order valence-electron chi connectivity index (χ2n) is 18.5. The second kappa shape index (κ2) is 52.3. The van der Waals surface area contributed by atoms with Gasteiger partial charge in [-0.05, 0) is 77.0 Å². The van der Waals surface area contributed by atoms with Crippen LogP contribution >= 0.6 is 0 Å². The van der Waals surface area contributed by atoms with Gasteiger partial charge in [-0.25, -0.2) is 0 Å². The standard InChI is InChI=1S/C57H104O6/c1-4-7-10-13-16-19-21-23-25-27-28-30-31-33-35-38-41-44-47-50-56(59)62-53-54(52-61-55(58)49-46-43-40-37-18-15-12-9-6-3)63-57(60)51-48-45-42-39-36-34-32-29-26-24-22-20-17-14-11-8-5-2/h16,19,23-26,54H,4-15,17-18,20-22,27-53H2,1-3H3/b19-16-,25-23-,26-24-. The summed E-state index contributed by atoms with van der Waals surface area (Å²) in [6, 6.07) is 0. The molecule has 0 aliphatic rings. The summed E-state index contributed by atoms with van der Waals surface area (Å²) in [7, 11) is 0. The number of rotatable bonds is 50. The number of carbonyl (C=O) groups excluding carboxylic acids is 3. The summed E-state index contributed by atoms with van der Waals surface area (Å²) in [6.45, 7) is 6.61. The van der Waals surface area contributed by atoms with Crippen LogP contribution in [0.5, 0.6) is 0 Å². The van der Waals surface area contributed by atoms with Crippen LogP contribution in [-0.2, 0) is 28.6 Å². The SMILES string of the molecule is CCCCC/C=C\C/C=C\CCCCCCCCCCCC(=O)OCC(COC(=O)CCCCCCCCCCC)OC(=O)CCCCCCCCC/C=C\CCCCCCCC. The molecule has 0 amide bonds. The lowest BCUT2D eigenvalue weighted by Gasteiger charge is -2.18. The topological polar surface area (TPSA) is 78.9 Å². The molecule has 0 bridgehead atoms. The summed E-state index contributed by atoms with van der Waals surface area (Å²) < 4.78 is 16.8. The fourth-order valence-corrected chi connectivity index (χ4v) is 7.94. The summed E-state index contributed by atoms with van der Waals surface area (Å²) in [5, 5.41) is 0. The van der Waals surface area contributed by atoms with Gasteiger partial charge >= 0.3 is 17.9 Å². The number of unbranched alkanes of at least 4 members (excludes halogenated alkanes) is 33. The minimum absolute atomic E-state index is 0.0724. The van der Waals surface area contributed by atoms with Crippen LogP contribution in [0.15, 0.2) is 36.5 Å². The van der Waals surface area contributed by atoms with Gasteiger partial charge in [-0.3, -0.25) is 14.4 Å². The molecule has 0 saturated carbocycles. The maximum atomic E-state index is 12.8. The minimum Gasteiger partial charge on any atom is -0.462 e. The summed E-state index contributed by atoms with van der Waals surface area (Å²) in [5.41, 5.74) is 0. The van der Waals surface area contributed by atoms with E-state index in [1.165, 1.54) is 186 Å². The average molecular weight is 885 g/mol. The summed E-state index contributed by atoms with van der Waals surface area (Å²) >= 11 is 0. The van der Waals surface area contributed by atoms with Gasteiger partial charge in [0.1, 0.15) is 13.2 Å². The van der Waals surface area contributed by atoms with Crippen molar-refractivity contribution in [2.75, 3.05) is 13.2 Å². The number of esters is 3. The van der Waals surface area contributed by atoms with Crippen molar-refractivity contribution < 1.29 is 28.6 Å². The van der Waals surface area contributed by atoms with Gasteiger partial charge in [0.15, 0.2) is 6.10 Å². The molecule has 0 saturated heterocycles. The van der Waals surface area contributed by atoms with Crippen LogP contribution in [-0.4, -0.2) is 37.2 Å². The Bertz CT molecular complexity index is 1060. The van der Waals surface area contributed by atoms with Crippen LogP contribution in [0, 0.1) is 0 Å². The van der Waals surface area contributed by atoms with Crippen molar-refractivity contribution in [1.82, 2.24) is 0 Å². The quantitative estimate of drug-likeness (QED) is 0.0262. The van der Waals surface area contributed by atoms with Crippen LogP contribution in [0.25, 0.3) is 0 Å². The predicted molar refractivity (Wildman–Crippen MR) is 270 cm³/mol. The highest BCUT2D eigenvalue weighted by Gasteiger charge is 2.19. The molecule has 0 N–H and O–H groups in total. The lowest BCUT2D eigenvalue weighted by atomic mass is 10.1. The number of carbonyl (C=O) groups is 3. The Morgan fingerprint density at radius 1 is 0.317 bits per heavy atom. The van der Waals surface area contributed by atoms with Crippen molar-refractivity contribution in [3.63, 3.8) is 0 Å². The first kappa shape index (κ1) is 60.6. The summed E-state index contributed by atoms with van der Waals surface area (Å²) in [6.07, 6.45) is 61.3. The zero-order valence-electron chi connectivity index (χ0n) is 42.1. The Labute approximate surface area is 391 Å². The molecular formula is C57H104O6. The zero-order valence-corrected chi connectivity index (χ0v) is 42.1. The van der Waals surface area contributed by atoms with E-state index >= 15 is 0 Å². The summed E-state index contributed by atoms with van der Waals surface area (Å²) in [4.78, 5) is 38.0. The molecule has 6 nitrogen and oxygen atoms in total. The molecule has 0 aromatic carbocycles. The lowest BCUT2D eigenvalue weighted by Crippen LogP contribution is -2.30. The van der Waals surface area contributed by atoms with Crippen molar-refractivity contribution in [3.8, 4) is 0 Å². The van der Waals surface area contributed by atoms with Gasteiger partial charge in [-0.2, -0.15) is 0 Å². The highest BCUT2D eigenvalue weighted by atomic mass is 16.6. The number of ether oxygens (including phenoxy) is 3. The molecule has 0 spiro atoms. The second-order valence-corrected chi connectivity index (χ2v) is 18.5. The van der Waals surface area contributed by atoms with Crippen molar-refractivity contribution in [1.29, 1.82) is 0 Å². The maximum Gasteiger partial charge on any atom is 0.306 e. The summed E-state index contributed by atoms with van der Waals surface area (Å²) in [5.74, 6) is -0.871. The average Bonchev–Trinajstić information content (AvgIpc) is 3.28. The Hall–Kier alpha value is -2.37. The maximum absolute atomic E-state index is 12.8. The van der Waals surface area contributed by atoms with Gasteiger partial charge in [-0.15, -0.1) is 0 Å². The van der Waals surface area contributed by atoms with Crippen molar-refractivity contribution in [3.05, 3.63) is 36.5 Å². The van der Waals surface area contributed by atoms with Crippen LogP contribution in [0.4, 0.5) is 0 Å². The van der Waals surface area contributed by atoms with Crippen LogP contribution < -0.4 is 0 Å². The van der Waals surface area contributed by atoms with E-state index in [9.17, 15) is 14.4 Å². The Morgan fingerprint density at radius 2 is 0.571 bits per heavy atom. The van der Waals surface area contributed by atoms with E-state index in [-0.39, 0.29) is 31.1 Å². The fraction of sp³-hybridized carbons (Fsp3) is 0.842. The predicted octanol–water partition coefficient (Wildman–Crippen LogP) is 18.1. The molecule has 63 heavy (non-hydrogen) atoms. The van der Waals surface area contributed by atoms with E-state index in [0.717, 1.165) is 64.2 Å². The Morgan fingerprint density at radius 3 is 0.921 bits per heavy atom. The van der Waals surface area contributed by atoms with E-state index in [0.29, 0.717) is 19.3 Å². The van der Waals surface area contributed by atoms with Crippen LogP contribution in [0.1, 0.15) is 290 Å². The molecule has 0 aliphatic heterocycles. The van der Waals surface area contributed by atoms with Gasteiger partial charge < -0.3 is 14.2 Å². The van der Waals surface area contributed by atoms with Crippen LogP contribution in [0.3, 0.4) is 0 Å². The molecule has 0 radical (unpaired) electrons. The number of hydrogen-bond donors (Lipinski definition) is 0. The highest BCUT2D eigenvalue weighted by Crippen LogP contribution is 2.15. The van der Waals surface area contributed by atoms with Gasteiger partial charge in [-0.1, -0.05) is 231 Å². The van der Waals surface area contributed by atoms with E-state index in [1.807, 2.05) is 0 Å². The largest absolute Gasteiger partial charge is 0.462 e. The zero-order chi connectivity index (χ0) is 45.8. The Balaban J connectivity index is 4.28. The molecule has 0 aromatic rings. The molecule has 0 aliphatic carbocycles. The molecule has 6 heteroatoms. The van der Waals surface area contributed by atoms with E-state index in [2.05, 4.69) is 57.2 Å². The van der Waals surface area contributed by atoms with Crippen LogP contribution in [0.2, 0.25) is 0 Å². The van der Waals surface area contributed by atoms with Gasteiger partial charge in [0.05, 0.1) is 0 Å². The molecule has 1 unspecified atom stereocenters. The van der Waals surface area contributed by atoms with Gasteiger partial charge in [0.2, 0.25) is 0 Å². The first-order valence-electron chi connectivity index (χ1n) is 27.5. The van der Waals surface area contributed by atoms with E-state index in [4.69, 9.17) is 14.2 Å². The first-order valence-corrected chi connectivity index (χ1v) is 27.5. The number of hydrogen-bond acceptors (Lipinski definition) is 6. The minimum atomic E-state index is -0.772. The molecule has 368 valence electrons. The smallest absolute Gasteiger partial charge is 0.306 e. The lowest BCUT2D eigenvalue weighted by molar-refractivity contribution is -0.167. The molecule has 1 atom stereocenters. The molecular weight excluding hydrogens is 781 g/mol. The third kappa shape index (κ3) is 50.5. The van der Waals surface area contributed by atoms with E-state index in [1.54, 1.807) is 0 Å². The Kier molecular flexibility index (Phi) is 50.3. The third-order valence-electron chi connectivity index (χ3n) is 12.1. The van der Waals surface area contributed by atoms with Gasteiger partial charge in [0, 0.05) is 19.3 Å². The monoisotopic (exact) mass is 885 g/mol. The fourth-order valence-electron chi connectivity index (χ4n) is 7.94. The van der Waals surface area contributed by atoms with Crippen molar-refractivity contribution in [2.45, 2.75) is 297 Å². The highest BCUT2D eigenvalue weighted by molar-refractivity contribution is 5.71. The molecule has 0 rings (SSSR count). The first-order chi connectivity index (χ1) is 31.0. The van der Waals surface area contributed by atoms with Crippen molar-refractivity contribution >= 4 is 17.9 Å². The van der Waals surface area contributed by atoms with E-state index < -0.39 is 6.10 Å². The normalized spacial score (nSPS) is 12.2. The molecule has 0 heterocycles. The van der Waals surface area contributed by atoms with Gasteiger partial charge in [0.25, 0.3) is 0 Å². The number of allylic oxidation sites excluding steroid dienone is 6. The third-order valence-corrected chi connectivity index (χ3v) is 12.1.